The van der Waals surface area contributed by atoms with E-state index in [2.05, 4.69) is 29.8 Å². The predicted octanol–water partition coefficient (Wildman–Crippen LogP) is 3.07. The normalized spacial score (nSPS) is 16.6. The fourth-order valence-electron chi connectivity index (χ4n) is 2.71. The van der Waals surface area contributed by atoms with Crippen molar-refractivity contribution >= 4 is 11.5 Å². The van der Waals surface area contributed by atoms with Crippen LogP contribution in [0.5, 0.6) is 0 Å². The first-order valence-electron chi connectivity index (χ1n) is 6.65. The third-order valence-corrected chi connectivity index (χ3v) is 3.45. The van der Waals surface area contributed by atoms with Crippen molar-refractivity contribution in [3.05, 3.63) is 18.3 Å². The molecule has 0 spiro atoms. The summed E-state index contributed by atoms with van der Waals surface area (Å²) in [5.41, 5.74) is 7.13. The molecule has 0 aliphatic heterocycles. The van der Waals surface area contributed by atoms with E-state index in [1.54, 1.807) is 6.20 Å². The molecule has 0 saturated heterocycles. The smallest absolute Gasteiger partial charge is 0.146 e. The molecule has 0 aromatic carbocycles. The SMILES string of the molecule is CC(C)CN(c1cccnc1N)C1CCCC1. The van der Waals surface area contributed by atoms with Crippen molar-refractivity contribution in [2.45, 2.75) is 45.6 Å². The summed E-state index contributed by atoms with van der Waals surface area (Å²) in [6.45, 7) is 5.59. The molecule has 3 heteroatoms. The first-order valence-corrected chi connectivity index (χ1v) is 6.65. The van der Waals surface area contributed by atoms with Gasteiger partial charge in [0, 0.05) is 18.8 Å². The Balaban J connectivity index is 2.22. The van der Waals surface area contributed by atoms with E-state index in [0.717, 1.165) is 12.2 Å². The highest BCUT2D eigenvalue weighted by atomic mass is 15.2. The van der Waals surface area contributed by atoms with E-state index in [0.29, 0.717) is 17.8 Å². The van der Waals surface area contributed by atoms with Gasteiger partial charge in [-0.2, -0.15) is 0 Å². The summed E-state index contributed by atoms with van der Waals surface area (Å²) >= 11 is 0. The minimum atomic E-state index is 0.648. The van der Waals surface area contributed by atoms with Crippen LogP contribution >= 0.6 is 0 Å². The molecule has 0 bridgehead atoms. The van der Waals surface area contributed by atoms with E-state index < -0.39 is 0 Å². The van der Waals surface area contributed by atoms with Crippen LogP contribution in [0, 0.1) is 5.92 Å². The standard InChI is InChI=1S/C14H23N3/c1-11(2)10-17(12-6-3-4-7-12)13-8-5-9-16-14(13)15/h5,8-9,11-12H,3-4,6-7,10H2,1-2H3,(H2,15,16). The molecule has 1 fully saturated rings. The molecule has 1 aromatic rings. The topological polar surface area (TPSA) is 42.2 Å². The van der Waals surface area contributed by atoms with E-state index in [-0.39, 0.29) is 0 Å². The van der Waals surface area contributed by atoms with E-state index in [1.807, 2.05) is 6.07 Å². The van der Waals surface area contributed by atoms with Crippen LogP contribution < -0.4 is 10.6 Å². The molecule has 17 heavy (non-hydrogen) atoms. The molecule has 1 aliphatic carbocycles. The number of nitrogens with zero attached hydrogens (tertiary/aromatic N) is 2. The molecule has 2 N–H and O–H groups in total. The molecule has 2 rings (SSSR count). The number of nitrogens with two attached hydrogens (primary N) is 1. The van der Waals surface area contributed by atoms with Crippen LogP contribution in [-0.4, -0.2) is 17.6 Å². The maximum atomic E-state index is 6.01. The molecule has 1 saturated carbocycles. The summed E-state index contributed by atoms with van der Waals surface area (Å²) in [7, 11) is 0. The highest BCUT2D eigenvalue weighted by molar-refractivity contribution is 5.63. The lowest BCUT2D eigenvalue weighted by atomic mass is 10.1. The molecular formula is C14H23N3. The molecule has 0 amide bonds. The molecule has 1 heterocycles. The lowest BCUT2D eigenvalue weighted by Crippen LogP contribution is -2.36. The zero-order chi connectivity index (χ0) is 12.3. The van der Waals surface area contributed by atoms with Gasteiger partial charge in [-0.05, 0) is 30.9 Å². The molecule has 1 aliphatic rings. The van der Waals surface area contributed by atoms with Gasteiger partial charge in [0.05, 0.1) is 5.69 Å². The molecule has 0 unspecified atom stereocenters. The predicted molar refractivity (Wildman–Crippen MR) is 73.1 cm³/mol. The number of rotatable bonds is 4. The van der Waals surface area contributed by atoms with E-state index in [9.17, 15) is 0 Å². The van der Waals surface area contributed by atoms with Crippen LogP contribution in [0.2, 0.25) is 0 Å². The first-order chi connectivity index (χ1) is 8.18. The molecular weight excluding hydrogens is 210 g/mol. The second-order valence-electron chi connectivity index (χ2n) is 5.39. The number of hydrogen-bond donors (Lipinski definition) is 1. The van der Waals surface area contributed by atoms with Crippen molar-refractivity contribution in [2.75, 3.05) is 17.2 Å². The Labute approximate surface area is 104 Å². The Hall–Kier alpha value is -1.25. The van der Waals surface area contributed by atoms with Gasteiger partial charge in [0.1, 0.15) is 5.82 Å². The summed E-state index contributed by atoms with van der Waals surface area (Å²) in [5, 5.41) is 0. The van der Waals surface area contributed by atoms with E-state index >= 15 is 0 Å². The third kappa shape index (κ3) is 2.90. The first kappa shape index (κ1) is 12.2. The van der Waals surface area contributed by atoms with Gasteiger partial charge in [-0.3, -0.25) is 0 Å². The molecule has 0 radical (unpaired) electrons. The number of nitrogen functional groups attached to an aromatic ring is 1. The zero-order valence-corrected chi connectivity index (χ0v) is 10.9. The van der Waals surface area contributed by atoms with Gasteiger partial charge >= 0.3 is 0 Å². The summed E-state index contributed by atoms with van der Waals surface area (Å²) < 4.78 is 0. The van der Waals surface area contributed by atoms with Gasteiger partial charge in [-0.15, -0.1) is 0 Å². The molecule has 1 aromatic heterocycles. The van der Waals surface area contributed by atoms with Gasteiger partial charge < -0.3 is 10.6 Å². The monoisotopic (exact) mass is 233 g/mol. The second kappa shape index (κ2) is 5.39. The Bertz CT molecular complexity index is 356. The van der Waals surface area contributed by atoms with E-state index in [1.165, 1.54) is 25.7 Å². The van der Waals surface area contributed by atoms with Crippen molar-refractivity contribution in [1.29, 1.82) is 0 Å². The highest BCUT2D eigenvalue weighted by Crippen LogP contribution is 2.31. The summed E-state index contributed by atoms with van der Waals surface area (Å²) in [5.74, 6) is 1.32. The van der Waals surface area contributed by atoms with Gasteiger partial charge in [-0.1, -0.05) is 26.7 Å². The Morgan fingerprint density at radius 3 is 2.71 bits per heavy atom. The van der Waals surface area contributed by atoms with Crippen LogP contribution in [0.1, 0.15) is 39.5 Å². The van der Waals surface area contributed by atoms with Crippen LogP contribution in [0.15, 0.2) is 18.3 Å². The van der Waals surface area contributed by atoms with Crippen LogP contribution in [0.25, 0.3) is 0 Å². The Kier molecular flexibility index (Phi) is 3.87. The average Bonchev–Trinajstić information content (AvgIpc) is 2.80. The van der Waals surface area contributed by atoms with Crippen molar-refractivity contribution in [2.24, 2.45) is 5.92 Å². The lowest BCUT2D eigenvalue weighted by Gasteiger charge is -2.33. The Morgan fingerprint density at radius 1 is 1.41 bits per heavy atom. The van der Waals surface area contributed by atoms with Crippen LogP contribution in [-0.2, 0) is 0 Å². The summed E-state index contributed by atoms with van der Waals surface area (Å²) in [6.07, 6.45) is 7.04. The van der Waals surface area contributed by atoms with Gasteiger partial charge in [-0.25, -0.2) is 4.98 Å². The average molecular weight is 233 g/mol. The van der Waals surface area contributed by atoms with Gasteiger partial charge in [0.25, 0.3) is 0 Å². The van der Waals surface area contributed by atoms with E-state index in [4.69, 9.17) is 5.73 Å². The van der Waals surface area contributed by atoms with Crippen molar-refractivity contribution in [3.8, 4) is 0 Å². The maximum absolute atomic E-state index is 6.01. The van der Waals surface area contributed by atoms with Crippen molar-refractivity contribution in [3.63, 3.8) is 0 Å². The minimum Gasteiger partial charge on any atom is -0.382 e. The lowest BCUT2D eigenvalue weighted by molar-refractivity contribution is 0.536. The van der Waals surface area contributed by atoms with Crippen molar-refractivity contribution in [1.82, 2.24) is 4.98 Å². The Morgan fingerprint density at radius 2 is 2.12 bits per heavy atom. The number of aromatic nitrogens is 1. The second-order valence-corrected chi connectivity index (χ2v) is 5.39. The largest absolute Gasteiger partial charge is 0.382 e. The third-order valence-electron chi connectivity index (χ3n) is 3.45. The highest BCUT2D eigenvalue weighted by Gasteiger charge is 2.24. The van der Waals surface area contributed by atoms with Gasteiger partial charge in [0.2, 0.25) is 0 Å². The fraction of sp³-hybridized carbons (Fsp3) is 0.643. The van der Waals surface area contributed by atoms with Crippen LogP contribution in [0.3, 0.4) is 0 Å². The van der Waals surface area contributed by atoms with Crippen LogP contribution in [0.4, 0.5) is 11.5 Å². The number of anilines is 2. The van der Waals surface area contributed by atoms with Crippen molar-refractivity contribution < 1.29 is 0 Å². The van der Waals surface area contributed by atoms with Gasteiger partial charge in [0.15, 0.2) is 0 Å². The number of hydrogen-bond acceptors (Lipinski definition) is 3. The summed E-state index contributed by atoms with van der Waals surface area (Å²) in [6, 6.07) is 4.74. The number of pyridine rings is 1. The zero-order valence-electron chi connectivity index (χ0n) is 10.9. The fourth-order valence-corrected chi connectivity index (χ4v) is 2.71. The molecule has 0 atom stereocenters. The maximum Gasteiger partial charge on any atom is 0.146 e. The molecule has 3 nitrogen and oxygen atoms in total. The minimum absolute atomic E-state index is 0.648. The quantitative estimate of drug-likeness (QED) is 0.869. The summed E-state index contributed by atoms with van der Waals surface area (Å²) in [4.78, 5) is 6.69. The molecule has 94 valence electrons.